The number of hydrogen-bond donors (Lipinski definition) is 1. The van der Waals surface area contributed by atoms with Gasteiger partial charge >= 0.3 is 0 Å². The maximum absolute atomic E-state index is 13.5. The summed E-state index contributed by atoms with van der Waals surface area (Å²) in [5.41, 5.74) is 6.25. The van der Waals surface area contributed by atoms with E-state index < -0.39 is 5.41 Å². The Morgan fingerprint density at radius 2 is 2.00 bits per heavy atom. The Morgan fingerprint density at radius 1 is 1.30 bits per heavy atom. The average molecular weight is 276 g/mol. The second-order valence-corrected chi connectivity index (χ2v) is 6.08. The Labute approximate surface area is 118 Å². The Balaban J connectivity index is 1.84. The molecule has 1 aromatic rings. The number of carbonyl (C=O) groups excluding carboxylic acids is 1. The summed E-state index contributed by atoms with van der Waals surface area (Å²) < 4.78 is 13.5. The van der Waals surface area contributed by atoms with Crippen LogP contribution in [0.2, 0.25) is 0 Å². The smallest absolute Gasteiger partial charge is 0.233 e. The van der Waals surface area contributed by atoms with Gasteiger partial charge in [-0.15, -0.1) is 0 Å². The summed E-state index contributed by atoms with van der Waals surface area (Å²) in [5.74, 6) is -0.0940. The highest BCUT2D eigenvalue weighted by atomic mass is 19.1. The molecule has 3 nitrogen and oxygen atoms in total. The van der Waals surface area contributed by atoms with E-state index >= 15 is 0 Å². The van der Waals surface area contributed by atoms with Gasteiger partial charge in [-0.3, -0.25) is 4.79 Å². The fourth-order valence-corrected chi connectivity index (χ4v) is 3.35. The number of rotatable bonds is 2. The number of benzene rings is 1. The molecule has 0 atom stereocenters. The van der Waals surface area contributed by atoms with Crippen LogP contribution in [0, 0.1) is 5.82 Å². The molecular formula is C16H21FN2O. The standard InChI is InChI=1S/C16H21FN2O/c17-13-4-1-3-12(11-13)16(7-2-8-16)15(20)19-9-5-14(18)6-10-19/h1,3-4,11,14H,2,5-10,18H2. The molecule has 3 rings (SSSR count). The highest BCUT2D eigenvalue weighted by Gasteiger charge is 2.48. The Hall–Kier alpha value is -1.42. The third kappa shape index (κ3) is 2.22. The van der Waals surface area contributed by atoms with Crippen molar-refractivity contribution in [1.82, 2.24) is 4.90 Å². The first-order valence-electron chi connectivity index (χ1n) is 7.43. The van der Waals surface area contributed by atoms with Crippen LogP contribution in [0.25, 0.3) is 0 Å². The molecule has 0 aromatic heterocycles. The van der Waals surface area contributed by atoms with E-state index in [4.69, 9.17) is 5.73 Å². The van der Waals surface area contributed by atoms with Crippen molar-refractivity contribution in [2.45, 2.75) is 43.6 Å². The maximum atomic E-state index is 13.5. The monoisotopic (exact) mass is 276 g/mol. The number of hydrogen-bond acceptors (Lipinski definition) is 2. The zero-order valence-corrected chi connectivity index (χ0v) is 11.6. The van der Waals surface area contributed by atoms with Gasteiger partial charge in [0.25, 0.3) is 0 Å². The summed E-state index contributed by atoms with van der Waals surface area (Å²) in [6.07, 6.45) is 4.43. The highest BCUT2D eigenvalue weighted by Crippen LogP contribution is 2.45. The predicted molar refractivity (Wildman–Crippen MR) is 75.7 cm³/mol. The van der Waals surface area contributed by atoms with Crippen LogP contribution in [-0.4, -0.2) is 29.9 Å². The van der Waals surface area contributed by atoms with Gasteiger partial charge in [-0.2, -0.15) is 0 Å². The van der Waals surface area contributed by atoms with E-state index in [0.717, 1.165) is 50.8 Å². The second kappa shape index (κ2) is 5.17. The van der Waals surface area contributed by atoms with Crippen LogP contribution in [0.1, 0.15) is 37.7 Å². The lowest BCUT2D eigenvalue weighted by molar-refractivity contribution is -0.142. The lowest BCUT2D eigenvalue weighted by atomic mass is 9.63. The van der Waals surface area contributed by atoms with Crippen molar-refractivity contribution < 1.29 is 9.18 Å². The fraction of sp³-hybridized carbons (Fsp3) is 0.562. The van der Waals surface area contributed by atoms with Crippen LogP contribution < -0.4 is 5.73 Å². The number of nitrogens with zero attached hydrogens (tertiary/aromatic N) is 1. The quantitative estimate of drug-likeness (QED) is 0.900. The van der Waals surface area contributed by atoms with Gasteiger partial charge in [0, 0.05) is 19.1 Å². The van der Waals surface area contributed by atoms with Crippen molar-refractivity contribution in [2.75, 3.05) is 13.1 Å². The van der Waals surface area contributed by atoms with Gasteiger partial charge in [0.1, 0.15) is 5.82 Å². The molecule has 4 heteroatoms. The van der Waals surface area contributed by atoms with Crippen molar-refractivity contribution in [3.8, 4) is 0 Å². The largest absolute Gasteiger partial charge is 0.342 e. The molecule has 0 spiro atoms. The van der Waals surface area contributed by atoms with E-state index in [2.05, 4.69) is 0 Å². The molecular weight excluding hydrogens is 255 g/mol. The molecule has 1 saturated heterocycles. The number of likely N-dealkylation sites (tertiary alicyclic amines) is 1. The molecule has 1 heterocycles. The molecule has 0 unspecified atom stereocenters. The van der Waals surface area contributed by atoms with E-state index in [1.807, 2.05) is 11.0 Å². The van der Waals surface area contributed by atoms with Crippen LogP contribution in [0.15, 0.2) is 24.3 Å². The molecule has 2 aliphatic rings. The van der Waals surface area contributed by atoms with Gasteiger partial charge in [0.15, 0.2) is 0 Å². The van der Waals surface area contributed by atoms with Crippen LogP contribution in [0.4, 0.5) is 4.39 Å². The van der Waals surface area contributed by atoms with Crippen molar-refractivity contribution in [3.63, 3.8) is 0 Å². The molecule has 2 fully saturated rings. The zero-order chi connectivity index (χ0) is 14.2. The third-order valence-electron chi connectivity index (χ3n) is 4.82. The van der Waals surface area contributed by atoms with Crippen LogP contribution in [0.3, 0.4) is 0 Å². The minimum atomic E-state index is -0.483. The first-order valence-corrected chi connectivity index (χ1v) is 7.43. The summed E-state index contributed by atoms with van der Waals surface area (Å²) in [4.78, 5) is 14.8. The average Bonchev–Trinajstić information content (AvgIpc) is 2.38. The van der Waals surface area contributed by atoms with Gasteiger partial charge in [-0.1, -0.05) is 18.6 Å². The molecule has 20 heavy (non-hydrogen) atoms. The number of amides is 1. The fourth-order valence-electron chi connectivity index (χ4n) is 3.35. The number of carbonyl (C=O) groups is 1. The van der Waals surface area contributed by atoms with E-state index in [0.29, 0.717) is 0 Å². The first kappa shape index (κ1) is 13.6. The van der Waals surface area contributed by atoms with Gasteiger partial charge in [-0.05, 0) is 43.4 Å². The predicted octanol–water partition coefficient (Wildman–Crippen LogP) is 2.20. The zero-order valence-electron chi connectivity index (χ0n) is 11.6. The molecule has 1 aliphatic carbocycles. The lowest BCUT2D eigenvalue weighted by Crippen LogP contribution is -2.54. The summed E-state index contributed by atoms with van der Waals surface area (Å²) in [5, 5.41) is 0. The summed E-state index contributed by atoms with van der Waals surface area (Å²) in [6.45, 7) is 1.47. The number of piperidine rings is 1. The Morgan fingerprint density at radius 3 is 2.55 bits per heavy atom. The molecule has 1 saturated carbocycles. The summed E-state index contributed by atoms with van der Waals surface area (Å²) in [6, 6.07) is 6.75. The van der Waals surface area contributed by atoms with Crippen molar-refractivity contribution in [3.05, 3.63) is 35.6 Å². The summed E-state index contributed by atoms with van der Waals surface area (Å²) >= 11 is 0. The van der Waals surface area contributed by atoms with E-state index in [1.54, 1.807) is 6.07 Å². The third-order valence-corrected chi connectivity index (χ3v) is 4.82. The van der Waals surface area contributed by atoms with Crippen LogP contribution in [0.5, 0.6) is 0 Å². The molecule has 1 aliphatic heterocycles. The minimum absolute atomic E-state index is 0.168. The topological polar surface area (TPSA) is 46.3 Å². The van der Waals surface area contributed by atoms with Crippen LogP contribution >= 0.6 is 0 Å². The van der Waals surface area contributed by atoms with Crippen molar-refractivity contribution >= 4 is 5.91 Å². The molecule has 0 radical (unpaired) electrons. The minimum Gasteiger partial charge on any atom is -0.342 e. The number of nitrogens with two attached hydrogens (primary N) is 1. The van der Waals surface area contributed by atoms with Gasteiger partial charge in [0.2, 0.25) is 5.91 Å². The molecule has 0 bridgehead atoms. The number of halogens is 1. The molecule has 1 amide bonds. The van der Waals surface area contributed by atoms with Gasteiger partial charge in [0.05, 0.1) is 5.41 Å². The van der Waals surface area contributed by atoms with Crippen molar-refractivity contribution in [1.29, 1.82) is 0 Å². The normalized spacial score (nSPS) is 22.4. The Bertz CT molecular complexity index is 505. The SMILES string of the molecule is NC1CCN(C(=O)C2(c3cccc(F)c3)CCC2)CC1. The molecule has 2 N–H and O–H groups in total. The first-order chi connectivity index (χ1) is 9.62. The van der Waals surface area contributed by atoms with E-state index in [-0.39, 0.29) is 17.8 Å². The van der Waals surface area contributed by atoms with Crippen molar-refractivity contribution in [2.24, 2.45) is 5.73 Å². The molecule has 1 aromatic carbocycles. The van der Waals surface area contributed by atoms with E-state index in [9.17, 15) is 9.18 Å². The van der Waals surface area contributed by atoms with Crippen LogP contribution in [-0.2, 0) is 10.2 Å². The van der Waals surface area contributed by atoms with Gasteiger partial charge in [-0.25, -0.2) is 4.39 Å². The summed E-state index contributed by atoms with van der Waals surface area (Å²) in [7, 11) is 0. The molecule has 108 valence electrons. The van der Waals surface area contributed by atoms with E-state index in [1.165, 1.54) is 12.1 Å². The highest BCUT2D eigenvalue weighted by molar-refractivity contribution is 5.89. The lowest BCUT2D eigenvalue weighted by Gasteiger charge is -2.45. The van der Waals surface area contributed by atoms with Gasteiger partial charge < -0.3 is 10.6 Å². The maximum Gasteiger partial charge on any atom is 0.233 e. The Kier molecular flexibility index (Phi) is 3.50. The second-order valence-electron chi connectivity index (χ2n) is 6.08.